The summed E-state index contributed by atoms with van der Waals surface area (Å²) < 4.78 is 22.4. The fraction of sp³-hybridized carbons (Fsp3) is 0.178. The van der Waals surface area contributed by atoms with Crippen LogP contribution in [0.2, 0.25) is 0 Å². The van der Waals surface area contributed by atoms with Crippen molar-refractivity contribution in [2.75, 3.05) is 36.2 Å². The summed E-state index contributed by atoms with van der Waals surface area (Å²) in [5, 5.41) is 0. The smallest absolute Gasteiger partial charge is 0.119 e. The van der Waals surface area contributed by atoms with Crippen molar-refractivity contribution in [3.05, 3.63) is 175 Å². The molecule has 0 saturated carbocycles. The van der Waals surface area contributed by atoms with E-state index in [4.69, 9.17) is 18.9 Å². The highest BCUT2D eigenvalue weighted by molar-refractivity contribution is 5.78. The Bertz CT molecular complexity index is 1830. The molecule has 8 rings (SSSR count). The number of hydrogen-bond acceptors (Lipinski definition) is 6. The first-order valence-electron chi connectivity index (χ1n) is 17.5. The van der Waals surface area contributed by atoms with E-state index in [1.807, 2.05) is 43.3 Å². The number of anilines is 6. The Kier molecular flexibility index (Phi) is 9.68. The van der Waals surface area contributed by atoms with Crippen molar-refractivity contribution in [1.82, 2.24) is 0 Å². The lowest BCUT2D eigenvalue weighted by Gasteiger charge is -2.27. The quantitative estimate of drug-likeness (QED) is 0.101. The summed E-state index contributed by atoms with van der Waals surface area (Å²) in [7, 11) is 0. The maximum absolute atomic E-state index is 5.90. The number of rotatable bonds is 15. The zero-order valence-corrected chi connectivity index (χ0v) is 28.6. The van der Waals surface area contributed by atoms with E-state index in [0.29, 0.717) is 13.2 Å². The van der Waals surface area contributed by atoms with Crippen LogP contribution in [0.25, 0.3) is 0 Å². The van der Waals surface area contributed by atoms with E-state index in [1.54, 1.807) is 0 Å². The first-order valence-corrected chi connectivity index (χ1v) is 17.5. The molecule has 2 saturated heterocycles. The van der Waals surface area contributed by atoms with E-state index < -0.39 is 0 Å². The van der Waals surface area contributed by atoms with Crippen LogP contribution < -0.4 is 19.3 Å². The lowest BCUT2D eigenvalue weighted by Crippen LogP contribution is -2.11. The topological polar surface area (TPSA) is 50.0 Å². The second-order valence-corrected chi connectivity index (χ2v) is 12.8. The van der Waals surface area contributed by atoms with Gasteiger partial charge in [0, 0.05) is 40.0 Å². The van der Waals surface area contributed by atoms with Gasteiger partial charge in [0.25, 0.3) is 0 Å². The van der Waals surface area contributed by atoms with Crippen molar-refractivity contribution < 1.29 is 18.9 Å². The summed E-state index contributed by atoms with van der Waals surface area (Å²) in [4.78, 5) is 4.53. The second-order valence-electron chi connectivity index (χ2n) is 12.8. The molecule has 0 amide bonds. The number of para-hydroxylation sites is 2. The molecule has 254 valence electrons. The lowest BCUT2D eigenvalue weighted by molar-refractivity contribution is 0.263. The number of nitrogens with zero attached hydrogens (tertiary/aromatic N) is 2. The Morgan fingerprint density at radius 3 is 1.12 bits per heavy atom. The molecule has 0 bridgehead atoms. The maximum atomic E-state index is 5.90. The monoisotopic (exact) mass is 672 g/mol. The third-order valence-electron chi connectivity index (χ3n) is 9.15. The summed E-state index contributed by atoms with van der Waals surface area (Å²) >= 11 is 0. The van der Waals surface area contributed by atoms with Gasteiger partial charge in [-0.25, -0.2) is 0 Å². The Labute approximate surface area is 300 Å². The van der Waals surface area contributed by atoms with Crippen LogP contribution in [0.4, 0.5) is 34.1 Å². The van der Waals surface area contributed by atoms with E-state index in [1.165, 1.54) is 11.1 Å². The van der Waals surface area contributed by atoms with Gasteiger partial charge in [-0.1, -0.05) is 67.6 Å². The minimum absolute atomic E-state index is 0.0159. The van der Waals surface area contributed by atoms with E-state index in [2.05, 4.69) is 138 Å². The van der Waals surface area contributed by atoms with Crippen molar-refractivity contribution in [1.29, 1.82) is 0 Å². The molecule has 2 fully saturated rings. The van der Waals surface area contributed by atoms with Crippen LogP contribution in [0.15, 0.2) is 158 Å². The molecule has 2 aliphatic rings. The molecular formula is C45H40N2O4. The van der Waals surface area contributed by atoms with Gasteiger partial charge in [0.05, 0.1) is 13.2 Å². The van der Waals surface area contributed by atoms with Crippen LogP contribution in [0.1, 0.15) is 24.0 Å². The van der Waals surface area contributed by atoms with Gasteiger partial charge in [-0.05, 0) is 115 Å². The Balaban J connectivity index is 1.03. The Morgan fingerprint density at radius 1 is 0.490 bits per heavy atom. The molecule has 6 nitrogen and oxygen atoms in total. The van der Waals surface area contributed by atoms with Crippen LogP contribution in [0.3, 0.4) is 0 Å². The normalized spacial score (nSPS) is 16.6. The summed E-state index contributed by atoms with van der Waals surface area (Å²) in [6, 6.07) is 55.0. The van der Waals surface area contributed by atoms with Crippen molar-refractivity contribution in [2.45, 2.75) is 25.0 Å². The highest BCUT2D eigenvalue weighted by atomic mass is 16.6. The van der Waals surface area contributed by atoms with E-state index >= 15 is 0 Å². The van der Waals surface area contributed by atoms with Crippen LogP contribution in [-0.4, -0.2) is 38.6 Å². The number of hydrogen-bond donors (Lipinski definition) is 0. The average molecular weight is 673 g/mol. The molecule has 6 heteroatoms. The zero-order valence-electron chi connectivity index (χ0n) is 28.6. The van der Waals surface area contributed by atoms with Gasteiger partial charge >= 0.3 is 0 Å². The number of epoxide rings is 2. The maximum Gasteiger partial charge on any atom is 0.119 e. The summed E-state index contributed by atoms with van der Waals surface area (Å²) in [5.41, 5.74) is 8.80. The van der Waals surface area contributed by atoms with Gasteiger partial charge in [-0.3, -0.25) is 0 Å². The molecular weight excluding hydrogens is 633 g/mol. The molecule has 0 aromatic heterocycles. The minimum Gasteiger partial charge on any atom is -0.491 e. The van der Waals surface area contributed by atoms with Crippen LogP contribution in [0.5, 0.6) is 11.5 Å². The van der Waals surface area contributed by atoms with Crippen molar-refractivity contribution in [3.63, 3.8) is 0 Å². The SMILES string of the molecule is C[C]C(c1ccc(N(c2ccccc2)c2ccc(OCC3CO3)cc2)cc1)c1ccc(N(c2ccccc2)c2ccc(OCC3CO3)cc2)cc1. The zero-order chi connectivity index (χ0) is 34.4. The van der Waals surface area contributed by atoms with Gasteiger partial charge in [-0.2, -0.15) is 0 Å². The fourth-order valence-corrected chi connectivity index (χ4v) is 6.30. The summed E-state index contributed by atoms with van der Waals surface area (Å²) in [6.07, 6.45) is 4.00. The fourth-order valence-electron chi connectivity index (χ4n) is 6.30. The molecule has 0 aliphatic carbocycles. The van der Waals surface area contributed by atoms with Crippen molar-refractivity contribution in [2.24, 2.45) is 0 Å². The van der Waals surface area contributed by atoms with Crippen molar-refractivity contribution in [3.8, 4) is 11.5 Å². The van der Waals surface area contributed by atoms with Gasteiger partial charge in [0.1, 0.15) is 36.9 Å². The van der Waals surface area contributed by atoms with Crippen LogP contribution in [-0.2, 0) is 9.47 Å². The predicted octanol–water partition coefficient (Wildman–Crippen LogP) is 10.4. The molecule has 6 aromatic rings. The largest absolute Gasteiger partial charge is 0.491 e. The lowest BCUT2D eigenvalue weighted by atomic mass is 9.89. The van der Waals surface area contributed by atoms with Gasteiger partial charge in [0.15, 0.2) is 0 Å². The van der Waals surface area contributed by atoms with Crippen LogP contribution >= 0.6 is 0 Å². The number of ether oxygens (including phenoxy) is 4. The third kappa shape index (κ3) is 7.93. The van der Waals surface area contributed by atoms with E-state index in [9.17, 15) is 0 Å². The molecule has 0 spiro atoms. The molecule has 2 radical (unpaired) electrons. The Morgan fingerprint density at radius 2 is 0.804 bits per heavy atom. The highest BCUT2D eigenvalue weighted by Gasteiger charge is 2.24. The average Bonchev–Trinajstić information content (AvgIpc) is 4.14. The first-order chi connectivity index (χ1) is 25.2. The third-order valence-corrected chi connectivity index (χ3v) is 9.15. The highest BCUT2D eigenvalue weighted by Crippen LogP contribution is 2.39. The predicted molar refractivity (Wildman–Crippen MR) is 203 cm³/mol. The molecule has 6 aromatic carbocycles. The van der Waals surface area contributed by atoms with Crippen LogP contribution in [0, 0.1) is 6.42 Å². The van der Waals surface area contributed by atoms with Gasteiger partial charge < -0.3 is 28.7 Å². The van der Waals surface area contributed by atoms with Gasteiger partial charge in [-0.15, -0.1) is 0 Å². The molecule has 2 aliphatic heterocycles. The van der Waals surface area contributed by atoms with Gasteiger partial charge in [0.2, 0.25) is 0 Å². The standard InChI is InChI=1S/C45H40N2O4/c1-2-45(33-13-17-37(18-14-33)46(35-9-5-3-6-10-35)39-21-25-41(26-22-39)48-29-43-31-50-43)34-15-19-38(20-16-34)47(36-11-7-4-8-12-36)40-23-27-42(28-24-40)49-30-44-32-51-44/h3-28,43-45H,29-32H2,1H3. The minimum atomic E-state index is 0.0159. The summed E-state index contributed by atoms with van der Waals surface area (Å²) in [6.45, 7) is 4.75. The Hall–Kier alpha value is -5.56. The molecule has 0 N–H and O–H groups in total. The molecule has 2 heterocycles. The molecule has 2 atom stereocenters. The van der Waals surface area contributed by atoms with Crippen molar-refractivity contribution >= 4 is 34.1 Å². The second kappa shape index (κ2) is 15.1. The summed E-state index contributed by atoms with van der Waals surface area (Å²) in [5.74, 6) is 1.70. The van der Waals surface area contributed by atoms with E-state index in [-0.39, 0.29) is 18.1 Å². The molecule has 2 unspecified atom stereocenters. The first kappa shape index (κ1) is 32.6. The van der Waals surface area contributed by atoms with E-state index in [0.717, 1.165) is 58.8 Å². The number of benzene rings is 6. The molecule has 51 heavy (non-hydrogen) atoms.